The van der Waals surface area contributed by atoms with Crippen molar-refractivity contribution in [1.82, 2.24) is 20.0 Å². The second-order valence-electron chi connectivity index (χ2n) is 10.5. The quantitative estimate of drug-likeness (QED) is 0.606. The van der Waals surface area contributed by atoms with Crippen LogP contribution in [0.5, 0.6) is 0 Å². The third-order valence-corrected chi connectivity index (χ3v) is 8.22. The van der Waals surface area contributed by atoms with Crippen LogP contribution in [0.2, 0.25) is 0 Å². The Morgan fingerprint density at radius 1 is 0.917 bits per heavy atom. The highest BCUT2D eigenvalue weighted by molar-refractivity contribution is 6.07. The van der Waals surface area contributed by atoms with Gasteiger partial charge in [-0.25, -0.2) is 4.79 Å². The zero-order chi connectivity index (χ0) is 25.1. The number of rotatable bonds is 7. The van der Waals surface area contributed by atoms with Crippen molar-refractivity contribution in [3.63, 3.8) is 0 Å². The van der Waals surface area contributed by atoms with Crippen LogP contribution in [0, 0.1) is 12.8 Å². The maximum atomic E-state index is 14.0. The summed E-state index contributed by atoms with van der Waals surface area (Å²) >= 11 is 0. The van der Waals surface area contributed by atoms with Crippen molar-refractivity contribution < 1.29 is 14.4 Å². The lowest BCUT2D eigenvalue weighted by Gasteiger charge is -2.41. The fourth-order valence-electron chi connectivity index (χ4n) is 6.11. The van der Waals surface area contributed by atoms with E-state index in [-0.39, 0.29) is 23.8 Å². The monoisotopic (exact) mass is 488 g/mol. The Kier molecular flexibility index (Phi) is 7.10. The number of likely N-dealkylation sites (tertiary alicyclic amines) is 2. The number of carbonyl (C=O) groups excluding carboxylic acids is 3. The number of benzene rings is 2. The molecule has 0 aromatic heterocycles. The molecule has 3 fully saturated rings. The fourth-order valence-corrected chi connectivity index (χ4v) is 6.11. The van der Waals surface area contributed by atoms with Crippen LogP contribution in [0.15, 0.2) is 54.6 Å². The fraction of sp³-hybridized carbons (Fsp3) is 0.483. The first kappa shape index (κ1) is 24.5. The minimum absolute atomic E-state index is 0.0353. The van der Waals surface area contributed by atoms with E-state index in [0.717, 1.165) is 36.3 Å². The summed E-state index contributed by atoms with van der Waals surface area (Å²) in [5.41, 5.74) is 1.76. The molecule has 1 unspecified atom stereocenters. The van der Waals surface area contributed by atoms with E-state index in [4.69, 9.17) is 0 Å². The molecule has 2 aromatic rings. The number of nitrogens with zero attached hydrogens (tertiary/aromatic N) is 3. The molecule has 0 spiro atoms. The van der Waals surface area contributed by atoms with Crippen LogP contribution in [0.4, 0.5) is 4.79 Å². The maximum absolute atomic E-state index is 14.0. The Balaban J connectivity index is 1.34. The van der Waals surface area contributed by atoms with Crippen molar-refractivity contribution in [2.24, 2.45) is 5.92 Å². The number of imide groups is 1. The van der Waals surface area contributed by atoms with Gasteiger partial charge < -0.3 is 15.1 Å². The number of aryl methyl sites for hydroxylation is 1. The number of hydrogen-bond acceptors (Lipinski definition) is 4. The third kappa shape index (κ3) is 4.76. The summed E-state index contributed by atoms with van der Waals surface area (Å²) in [5, 5.41) is 3.16. The molecule has 0 bridgehead atoms. The molecule has 0 aliphatic carbocycles. The van der Waals surface area contributed by atoms with Crippen LogP contribution in [-0.4, -0.2) is 77.4 Å². The van der Waals surface area contributed by atoms with Crippen molar-refractivity contribution in [3.05, 3.63) is 71.3 Å². The molecule has 2 aromatic carbocycles. The smallest absolute Gasteiger partial charge is 0.325 e. The van der Waals surface area contributed by atoms with E-state index in [1.807, 2.05) is 66.4 Å². The van der Waals surface area contributed by atoms with Crippen molar-refractivity contribution in [3.8, 4) is 0 Å². The molecule has 5 rings (SSSR count). The van der Waals surface area contributed by atoms with Crippen LogP contribution in [-0.2, 0) is 11.2 Å². The molecule has 0 radical (unpaired) electrons. The van der Waals surface area contributed by atoms with Crippen LogP contribution in [0.25, 0.3) is 0 Å². The van der Waals surface area contributed by atoms with Gasteiger partial charge in [0, 0.05) is 38.2 Å². The third-order valence-electron chi connectivity index (χ3n) is 8.22. The van der Waals surface area contributed by atoms with Gasteiger partial charge in [-0.1, -0.05) is 48.5 Å². The second-order valence-corrected chi connectivity index (χ2v) is 10.5. The molecule has 7 heteroatoms. The minimum atomic E-state index is -0.971. The van der Waals surface area contributed by atoms with Crippen molar-refractivity contribution in [1.29, 1.82) is 0 Å². The standard InChI is InChI=1S/C29H36N4O3/c1-22-9-5-6-12-25(22)26(34)32-17-13-24(14-18-32)29(21-23-10-3-2-4-11-23)27(35)33(28(36)30-29)20-19-31-15-7-8-16-31/h2-6,9-12,24H,7-8,13-21H2,1H3,(H,30,36). The lowest BCUT2D eigenvalue weighted by atomic mass is 9.73. The number of hydrogen-bond donors (Lipinski definition) is 1. The summed E-state index contributed by atoms with van der Waals surface area (Å²) in [6.45, 7) is 6.32. The molecule has 1 N–H and O–H groups in total. The molecule has 1 atom stereocenters. The van der Waals surface area contributed by atoms with Gasteiger partial charge in [0.05, 0.1) is 0 Å². The van der Waals surface area contributed by atoms with Crippen LogP contribution in [0.3, 0.4) is 0 Å². The molecular weight excluding hydrogens is 452 g/mol. The topological polar surface area (TPSA) is 73.0 Å². The van der Waals surface area contributed by atoms with Crippen molar-refractivity contribution in [2.45, 2.75) is 44.6 Å². The predicted octanol–water partition coefficient (Wildman–Crippen LogP) is 3.48. The van der Waals surface area contributed by atoms with Crippen LogP contribution >= 0.6 is 0 Å². The highest BCUT2D eigenvalue weighted by Crippen LogP contribution is 2.37. The number of nitrogens with one attached hydrogen (secondary N) is 1. The molecule has 3 aliphatic heterocycles. The Morgan fingerprint density at radius 3 is 2.28 bits per heavy atom. The predicted molar refractivity (Wildman–Crippen MR) is 139 cm³/mol. The summed E-state index contributed by atoms with van der Waals surface area (Å²) in [6.07, 6.45) is 4.18. The first-order chi connectivity index (χ1) is 17.5. The lowest BCUT2D eigenvalue weighted by Crippen LogP contribution is -2.58. The summed E-state index contributed by atoms with van der Waals surface area (Å²) in [4.78, 5) is 45.9. The molecule has 0 saturated carbocycles. The molecule has 190 valence electrons. The first-order valence-electron chi connectivity index (χ1n) is 13.2. The largest absolute Gasteiger partial charge is 0.339 e. The van der Waals surface area contributed by atoms with Gasteiger partial charge in [0.1, 0.15) is 5.54 Å². The van der Waals surface area contributed by atoms with E-state index in [0.29, 0.717) is 38.9 Å². The SMILES string of the molecule is Cc1ccccc1C(=O)N1CCC(C2(Cc3ccccc3)NC(=O)N(CCN3CCCC3)C2=O)CC1. The van der Waals surface area contributed by atoms with E-state index in [1.54, 1.807) is 0 Å². The van der Waals surface area contributed by atoms with Gasteiger partial charge in [0.2, 0.25) is 0 Å². The van der Waals surface area contributed by atoms with Gasteiger partial charge in [-0.2, -0.15) is 0 Å². The summed E-state index contributed by atoms with van der Waals surface area (Å²) in [7, 11) is 0. The van der Waals surface area contributed by atoms with Crippen molar-refractivity contribution in [2.75, 3.05) is 39.3 Å². The number of piperidine rings is 1. The van der Waals surface area contributed by atoms with Gasteiger partial charge in [-0.3, -0.25) is 14.5 Å². The van der Waals surface area contributed by atoms with E-state index in [2.05, 4.69) is 10.2 Å². The van der Waals surface area contributed by atoms with Crippen molar-refractivity contribution >= 4 is 17.8 Å². The number of carbonyl (C=O) groups is 3. The summed E-state index contributed by atoms with van der Waals surface area (Å²) in [5.74, 6) is -0.108. The van der Waals surface area contributed by atoms with Gasteiger partial charge >= 0.3 is 6.03 Å². The number of urea groups is 1. The molecule has 3 saturated heterocycles. The van der Waals surface area contributed by atoms with E-state index in [1.165, 1.54) is 17.7 Å². The zero-order valence-electron chi connectivity index (χ0n) is 21.1. The van der Waals surface area contributed by atoms with Gasteiger partial charge in [-0.15, -0.1) is 0 Å². The van der Waals surface area contributed by atoms with Gasteiger partial charge in [-0.05, 0) is 68.8 Å². The zero-order valence-corrected chi connectivity index (χ0v) is 21.1. The average molecular weight is 489 g/mol. The van der Waals surface area contributed by atoms with Gasteiger partial charge in [0.15, 0.2) is 0 Å². The van der Waals surface area contributed by atoms with Gasteiger partial charge in [0.25, 0.3) is 11.8 Å². The van der Waals surface area contributed by atoms with E-state index >= 15 is 0 Å². The number of amides is 4. The second kappa shape index (κ2) is 10.4. The van der Waals surface area contributed by atoms with E-state index in [9.17, 15) is 14.4 Å². The Hall–Kier alpha value is -3.19. The lowest BCUT2D eigenvalue weighted by molar-refractivity contribution is -0.134. The first-order valence-corrected chi connectivity index (χ1v) is 13.2. The molecule has 7 nitrogen and oxygen atoms in total. The molecule has 36 heavy (non-hydrogen) atoms. The summed E-state index contributed by atoms with van der Waals surface area (Å²) < 4.78 is 0. The Bertz CT molecular complexity index is 1110. The Morgan fingerprint density at radius 2 is 1.58 bits per heavy atom. The molecule has 3 heterocycles. The molecule has 3 aliphatic rings. The molecular formula is C29H36N4O3. The normalized spacial score (nSPS) is 23.4. The highest BCUT2D eigenvalue weighted by Gasteiger charge is 2.56. The average Bonchev–Trinajstić information content (AvgIpc) is 3.50. The molecule has 4 amide bonds. The Labute approximate surface area is 213 Å². The van der Waals surface area contributed by atoms with Crippen LogP contribution < -0.4 is 5.32 Å². The maximum Gasteiger partial charge on any atom is 0.325 e. The highest BCUT2D eigenvalue weighted by atomic mass is 16.2. The van der Waals surface area contributed by atoms with E-state index < -0.39 is 5.54 Å². The summed E-state index contributed by atoms with van der Waals surface area (Å²) in [6, 6.07) is 17.3. The minimum Gasteiger partial charge on any atom is -0.339 e. The van der Waals surface area contributed by atoms with Crippen LogP contribution in [0.1, 0.15) is 47.2 Å².